The summed E-state index contributed by atoms with van der Waals surface area (Å²) in [5.74, 6) is 1.01. The summed E-state index contributed by atoms with van der Waals surface area (Å²) in [4.78, 5) is 1.81. The average Bonchev–Trinajstić information content (AvgIpc) is 2.52. The van der Waals surface area contributed by atoms with Gasteiger partial charge in [0.25, 0.3) is 0 Å². The Kier molecular flexibility index (Phi) is 3.08. The lowest BCUT2D eigenvalue weighted by molar-refractivity contribution is 0.324. The first-order valence-electron chi connectivity index (χ1n) is 3.80. The van der Waals surface area contributed by atoms with Crippen molar-refractivity contribution >= 4 is 0 Å². The van der Waals surface area contributed by atoms with Crippen LogP contribution in [0.25, 0.3) is 0 Å². The quantitative estimate of drug-likeness (QED) is 0.645. The highest BCUT2D eigenvalue weighted by atomic mass is 16.3. The molecular weight excluding hydrogens is 166 g/mol. The molecule has 0 spiro atoms. The zero-order valence-corrected chi connectivity index (χ0v) is 7.32. The molecule has 0 aliphatic carbocycles. The van der Waals surface area contributed by atoms with Crippen molar-refractivity contribution in [2.45, 2.75) is 6.54 Å². The Morgan fingerprint density at radius 1 is 1.46 bits per heavy atom. The van der Waals surface area contributed by atoms with Crippen LogP contribution in [0, 0.1) is 22.7 Å². The predicted octanol–water partition coefficient (Wildman–Crippen LogP) is 1.11. The molecule has 0 saturated carbocycles. The summed E-state index contributed by atoms with van der Waals surface area (Å²) in [6.07, 6.45) is 0. The van der Waals surface area contributed by atoms with Gasteiger partial charge in [0.2, 0.25) is 5.76 Å². The van der Waals surface area contributed by atoms with E-state index in [1.165, 1.54) is 0 Å². The largest absolute Gasteiger partial charge is 0.449 e. The molecule has 1 aromatic heterocycles. The molecule has 0 aromatic carbocycles. The SMILES string of the molecule is CN(CC#N)Cc1ccc(C#N)o1. The zero-order valence-electron chi connectivity index (χ0n) is 7.32. The molecule has 0 amide bonds. The smallest absolute Gasteiger partial charge is 0.203 e. The topological polar surface area (TPSA) is 64.0 Å². The molecule has 0 aliphatic rings. The summed E-state index contributed by atoms with van der Waals surface area (Å²) in [5.41, 5.74) is 0. The first kappa shape index (κ1) is 9.31. The van der Waals surface area contributed by atoms with E-state index in [0.29, 0.717) is 24.6 Å². The first-order chi connectivity index (χ1) is 6.26. The Labute approximate surface area is 76.6 Å². The molecule has 66 valence electrons. The van der Waals surface area contributed by atoms with Crippen molar-refractivity contribution in [3.05, 3.63) is 23.7 Å². The summed E-state index contributed by atoms with van der Waals surface area (Å²) in [5, 5.41) is 16.9. The van der Waals surface area contributed by atoms with Crippen LogP contribution in [0.3, 0.4) is 0 Å². The number of furan rings is 1. The van der Waals surface area contributed by atoms with Crippen LogP contribution in [0.4, 0.5) is 0 Å². The van der Waals surface area contributed by atoms with E-state index in [9.17, 15) is 0 Å². The van der Waals surface area contributed by atoms with Gasteiger partial charge in [-0.1, -0.05) is 0 Å². The minimum absolute atomic E-state index is 0.306. The maximum Gasteiger partial charge on any atom is 0.203 e. The highest BCUT2D eigenvalue weighted by Crippen LogP contribution is 2.08. The van der Waals surface area contributed by atoms with Crippen LogP contribution >= 0.6 is 0 Å². The van der Waals surface area contributed by atoms with E-state index in [1.54, 1.807) is 17.0 Å². The normalized spacial score (nSPS) is 9.54. The Morgan fingerprint density at radius 2 is 2.23 bits per heavy atom. The zero-order chi connectivity index (χ0) is 9.68. The molecule has 13 heavy (non-hydrogen) atoms. The summed E-state index contributed by atoms with van der Waals surface area (Å²) < 4.78 is 5.14. The standard InChI is InChI=1S/C9H9N3O/c1-12(5-4-10)7-9-3-2-8(6-11)13-9/h2-3H,5,7H2,1H3. The minimum Gasteiger partial charge on any atom is -0.449 e. The van der Waals surface area contributed by atoms with E-state index >= 15 is 0 Å². The fourth-order valence-electron chi connectivity index (χ4n) is 0.966. The summed E-state index contributed by atoms with van der Waals surface area (Å²) in [7, 11) is 1.82. The molecule has 0 saturated heterocycles. The second-order valence-electron chi connectivity index (χ2n) is 2.71. The van der Waals surface area contributed by atoms with Crippen LogP contribution in [0.5, 0.6) is 0 Å². The predicted molar refractivity (Wildman–Crippen MR) is 45.4 cm³/mol. The molecule has 0 bridgehead atoms. The maximum absolute atomic E-state index is 8.48. The van der Waals surface area contributed by atoms with E-state index in [2.05, 4.69) is 0 Å². The molecule has 0 N–H and O–H groups in total. The van der Waals surface area contributed by atoms with Crippen LogP contribution < -0.4 is 0 Å². The molecule has 0 aliphatic heterocycles. The van der Waals surface area contributed by atoms with Gasteiger partial charge in [-0.15, -0.1) is 0 Å². The van der Waals surface area contributed by atoms with Gasteiger partial charge in [0.05, 0.1) is 19.2 Å². The molecule has 0 radical (unpaired) electrons. The molecule has 4 nitrogen and oxygen atoms in total. The number of hydrogen-bond donors (Lipinski definition) is 0. The second-order valence-corrected chi connectivity index (χ2v) is 2.71. The van der Waals surface area contributed by atoms with Crippen molar-refractivity contribution in [1.29, 1.82) is 10.5 Å². The third-order valence-electron chi connectivity index (χ3n) is 1.54. The first-order valence-corrected chi connectivity index (χ1v) is 3.80. The van der Waals surface area contributed by atoms with Gasteiger partial charge < -0.3 is 4.42 Å². The summed E-state index contributed by atoms with van der Waals surface area (Å²) in [6, 6.07) is 7.29. The molecule has 0 atom stereocenters. The molecule has 1 aromatic rings. The van der Waals surface area contributed by atoms with E-state index < -0.39 is 0 Å². The van der Waals surface area contributed by atoms with Gasteiger partial charge in [-0.25, -0.2) is 0 Å². The third kappa shape index (κ3) is 2.62. The maximum atomic E-state index is 8.48. The molecule has 4 heteroatoms. The number of nitrogens with zero attached hydrogens (tertiary/aromatic N) is 3. The van der Waals surface area contributed by atoms with Gasteiger partial charge in [0.15, 0.2) is 0 Å². The van der Waals surface area contributed by atoms with Crippen molar-refractivity contribution in [2.75, 3.05) is 13.6 Å². The molecule has 0 fully saturated rings. The van der Waals surface area contributed by atoms with Gasteiger partial charge in [-0.05, 0) is 19.2 Å². The summed E-state index contributed by atoms with van der Waals surface area (Å²) >= 11 is 0. The highest BCUT2D eigenvalue weighted by Gasteiger charge is 2.03. The van der Waals surface area contributed by atoms with Crippen LogP contribution in [0.1, 0.15) is 11.5 Å². The minimum atomic E-state index is 0.306. The van der Waals surface area contributed by atoms with Crippen LogP contribution in [0.15, 0.2) is 16.5 Å². The van der Waals surface area contributed by atoms with Gasteiger partial charge in [-0.2, -0.15) is 10.5 Å². The van der Waals surface area contributed by atoms with Crippen molar-refractivity contribution < 1.29 is 4.42 Å². The Hall–Kier alpha value is -1.78. The van der Waals surface area contributed by atoms with Crippen molar-refractivity contribution in [3.8, 4) is 12.1 Å². The molecule has 1 heterocycles. The lowest BCUT2D eigenvalue weighted by atomic mass is 10.4. The summed E-state index contributed by atoms with van der Waals surface area (Å²) in [6.45, 7) is 0.901. The van der Waals surface area contributed by atoms with Crippen molar-refractivity contribution in [2.24, 2.45) is 0 Å². The van der Waals surface area contributed by atoms with Crippen molar-refractivity contribution in [3.63, 3.8) is 0 Å². The molecule has 0 unspecified atom stereocenters. The fourth-order valence-corrected chi connectivity index (χ4v) is 0.966. The van der Waals surface area contributed by atoms with Crippen LogP contribution in [0.2, 0.25) is 0 Å². The van der Waals surface area contributed by atoms with E-state index in [-0.39, 0.29) is 0 Å². The van der Waals surface area contributed by atoms with Gasteiger partial charge in [0.1, 0.15) is 11.8 Å². The highest BCUT2D eigenvalue weighted by molar-refractivity contribution is 5.18. The number of nitriles is 2. The Bertz CT molecular complexity index is 356. The molecule has 1 rings (SSSR count). The molecular formula is C9H9N3O. The second kappa shape index (κ2) is 4.30. The van der Waals surface area contributed by atoms with E-state index in [4.69, 9.17) is 14.9 Å². The van der Waals surface area contributed by atoms with E-state index in [0.717, 1.165) is 0 Å². The van der Waals surface area contributed by atoms with Gasteiger partial charge in [-0.3, -0.25) is 4.90 Å². The number of hydrogen-bond acceptors (Lipinski definition) is 4. The van der Waals surface area contributed by atoms with Crippen molar-refractivity contribution in [1.82, 2.24) is 4.90 Å². The van der Waals surface area contributed by atoms with Crippen LogP contribution in [-0.2, 0) is 6.54 Å². The lowest BCUT2D eigenvalue weighted by Crippen LogP contribution is -2.17. The van der Waals surface area contributed by atoms with Crippen LogP contribution in [-0.4, -0.2) is 18.5 Å². The van der Waals surface area contributed by atoms with Gasteiger partial charge >= 0.3 is 0 Å². The average molecular weight is 175 g/mol. The van der Waals surface area contributed by atoms with E-state index in [1.807, 2.05) is 19.2 Å². The lowest BCUT2D eigenvalue weighted by Gasteiger charge is -2.08. The third-order valence-corrected chi connectivity index (χ3v) is 1.54. The Balaban J connectivity index is 2.56. The fraction of sp³-hybridized carbons (Fsp3) is 0.333. The van der Waals surface area contributed by atoms with Gasteiger partial charge in [0, 0.05) is 0 Å². The Morgan fingerprint density at radius 3 is 2.77 bits per heavy atom. The number of rotatable bonds is 3. The monoisotopic (exact) mass is 175 g/mol.